The molecule has 1 rings (SSSR count). The van der Waals surface area contributed by atoms with E-state index in [1.165, 1.54) is 12.1 Å². The molecule has 0 unspecified atom stereocenters. The van der Waals surface area contributed by atoms with E-state index in [2.05, 4.69) is 10.6 Å². The van der Waals surface area contributed by atoms with Gasteiger partial charge in [0, 0.05) is 19.1 Å². The lowest BCUT2D eigenvalue weighted by molar-refractivity contribution is 0.0920. The molecule has 1 amide bonds. The van der Waals surface area contributed by atoms with E-state index in [0.29, 0.717) is 12.1 Å². The van der Waals surface area contributed by atoms with E-state index in [9.17, 15) is 9.18 Å². The molecule has 0 bridgehead atoms. The molecule has 106 valence electrons. The molecule has 0 aliphatic heterocycles. The Bertz CT molecular complexity index is 458. The van der Waals surface area contributed by atoms with Crippen LogP contribution in [0.4, 0.5) is 10.1 Å². The molecule has 0 heterocycles. The van der Waals surface area contributed by atoms with Gasteiger partial charge in [-0.1, -0.05) is 6.07 Å². The summed E-state index contributed by atoms with van der Waals surface area (Å²) in [7, 11) is 5.50. The SMILES string of the molecule is CNc1c(F)cccc1C(=O)NCC(C)(C)N(C)C. The normalized spacial score (nSPS) is 11.5. The Morgan fingerprint density at radius 3 is 2.53 bits per heavy atom. The number of rotatable bonds is 5. The maximum atomic E-state index is 13.6. The fourth-order valence-corrected chi connectivity index (χ4v) is 1.52. The van der Waals surface area contributed by atoms with Crippen LogP contribution in [0.15, 0.2) is 18.2 Å². The number of amides is 1. The van der Waals surface area contributed by atoms with Gasteiger partial charge in [0.05, 0.1) is 11.3 Å². The third-order valence-electron chi connectivity index (χ3n) is 3.40. The lowest BCUT2D eigenvalue weighted by Gasteiger charge is -2.32. The van der Waals surface area contributed by atoms with Gasteiger partial charge >= 0.3 is 0 Å². The van der Waals surface area contributed by atoms with Gasteiger partial charge in [-0.15, -0.1) is 0 Å². The van der Waals surface area contributed by atoms with Crippen LogP contribution < -0.4 is 10.6 Å². The van der Waals surface area contributed by atoms with E-state index >= 15 is 0 Å². The maximum absolute atomic E-state index is 13.6. The maximum Gasteiger partial charge on any atom is 0.253 e. The van der Waals surface area contributed by atoms with Crippen LogP contribution in [0.1, 0.15) is 24.2 Å². The van der Waals surface area contributed by atoms with Gasteiger partial charge in [-0.3, -0.25) is 4.79 Å². The Morgan fingerprint density at radius 2 is 2.00 bits per heavy atom. The Morgan fingerprint density at radius 1 is 1.37 bits per heavy atom. The first-order chi connectivity index (χ1) is 8.79. The number of likely N-dealkylation sites (N-methyl/N-ethyl adjacent to an activating group) is 1. The van der Waals surface area contributed by atoms with E-state index in [1.54, 1.807) is 13.1 Å². The number of anilines is 1. The van der Waals surface area contributed by atoms with Gasteiger partial charge in [0.25, 0.3) is 5.91 Å². The molecule has 0 aliphatic carbocycles. The second kappa shape index (κ2) is 6.02. The zero-order valence-corrected chi connectivity index (χ0v) is 12.2. The summed E-state index contributed by atoms with van der Waals surface area (Å²) < 4.78 is 13.6. The Kier molecular flexibility index (Phi) is 4.89. The first-order valence-corrected chi connectivity index (χ1v) is 6.21. The number of nitrogens with zero attached hydrogens (tertiary/aromatic N) is 1. The first kappa shape index (κ1) is 15.4. The second-order valence-corrected chi connectivity index (χ2v) is 5.30. The van der Waals surface area contributed by atoms with Gasteiger partial charge in [-0.2, -0.15) is 0 Å². The molecular weight excluding hydrogens is 245 g/mol. The number of benzene rings is 1. The molecule has 0 spiro atoms. The smallest absolute Gasteiger partial charge is 0.253 e. The average Bonchev–Trinajstić information content (AvgIpc) is 2.35. The first-order valence-electron chi connectivity index (χ1n) is 6.21. The highest BCUT2D eigenvalue weighted by atomic mass is 19.1. The van der Waals surface area contributed by atoms with E-state index in [4.69, 9.17) is 0 Å². The molecule has 0 radical (unpaired) electrons. The molecule has 2 N–H and O–H groups in total. The topological polar surface area (TPSA) is 44.4 Å². The van der Waals surface area contributed by atoms with Crippen molar-refractivity contribution in [1.82, 2.24) is 10.2 Å². The molecule has 0 saturated carbocycles. The highest BCUT2D eigenvalue weighted by molar-refractivity contribution is 5.99. The molecule has 0 saturated heterocycles. The van der Waals surface area contributed by atoms with Crippen molar-refractivity contribution < 1.29 is 9.18 Å². The molecule has 0 aromatic heterocycles. The van der Waals surface area contributed by atoms with Gasteiger partial charge in [0.2, 0.25) is 0 Å². The van der Waals surface area contributed by atoms with Crippen LogP contribution in [0, 0.1) is 5.82 Å². The quantitative estimate of drug-likeness (QED) is 0.857. The number of nitrogens with one attached hydrogen (secondary N) is 2. The highest BCUT2D eigenvalue weighted by Crippen LogP contribution is 2.19. The Labute approximate surface area is 114 Å². The van der Waals surface area contributed by atoms with Crippen LogP contribution in [-0.2, 0) is 0 Å². The number of hydrogen-bond acceptors (Lipinski definition) is 3. The number of halogens is 1. The molecule has 5 heteroatoms. The summed E-state index contributed by atoms with van der Waals surface area (Å²) in [4.78, 5) is 14.1. The Balaban J connectivity index is 2.83. The highest BCUT2D eigenvalue weighted by Gasteiger charge is 2.22. The third kappa shape index (κ3) is 3.67. The van der Waals surface area contributed by atoms with E-state index in [-0.39, 0.29) is 17.1 Å². The van der Waals surface area contributed by atoms with E-state index < -0.39 is 5.82 Å². The molecule has 19 heavy (non-hydrogen) atoms. The lowest BCUT2D eigenvalue weighted by Crippen LogP contribution is -2.48. The third-order valence-corrected chi connectivity index (χ3v) is 3.40. The van der Waals surface area contributed by atoms with Crippen molar-refractivity contribution in [2.24, 2.45) is 0 Å². The van der Waals surface area contributed by atoms with Crippen LogP contribution >= 0.6 is 0 Å². The van der Waals surface area contributed by atoms with Crippen molar-refractivity contribution in [3.63, 3.8) is 0 Å². The van der Waals surface area contributed by atoms with Crippen molar-refractivity contribution in [2.45, 2.75) is 19.4 Å². The molecule has 0 atom stereocenters. The van der Waals surface area contributed by atoms with Crippen molar-refractivity contribution in [1.29, 1.82) is 0 Å². The van der Waals surface area contributed by atoms with Crippen LogP contribution in [0.25, 0.3) is 0 Å². The largest absolute Gasteiger partial charge is 0.385 e. The number of carbonyl (C=O) groups excluding carboxylic acids is 1. The van der Waals surface area contributed by atoms with E-state index in [0.717, 1.165) is 0 Å². The molecule has 0 aliphatic rings. The van der Waals surface area contributed by atoms with Crippen LogP contribution in [0.3, 0.4) is 0 Å². The predicted octanol–water partition coefficient (Wildman–Crippen LogP) is 1.94. The van der Waals surface area contributed by atoms with Gasteiger partial charge in [0.1, 0.15) is 5.82 Å². The summed E-state index contributed by atoms with van der Waals surface area (Å²) in [5.74, 6) is -0.708. The van der Waals surface area contributed by atoms with Gasteiger partial charge in [0.15, 0.2) is 0 Å². The molecule has 4 nitrogen and oxygen atoms in total. The zero-order valence-electron chi connectivity index (χ0n) is 12.2. The fraction of sp³-hybridized carbons (Fsp3) is 0.500. The monoisotopic (exact) mass is 267 g/mol. The standard InChI is InChI=1S/C14H22FN3O/c1-14(2,18(4)5)9-17-13(19)10-7-6-8-11(15)12(10)16-3/h6-8,16H,9H2,1-5H3,(H,17,19). The average molecular weight is 267 g/mol. The number of para-hydroxylation sites is 1. The summed E-state index contributed by atoms with van der Waals surface area (Å²) >= 11 is 0. The van der Waals surface area contributed by atoms with Crippen LogP contribution in [0.5, 0.6) is 0 Å². The minimum Gasteiger partial charge on any atom is -0.385 e. The summed E-state index contributed by atoms with van der Waals surface area (Å²) in [6.07, 6.45) is 0. The summed E-state index contributed by atoms with van der Waals surface area (Å²) in [6.45, 7) is 4.54. The minimum absolute atomic E-state index is 0.164. The van der Waals surface area contributed by atoms with Crippen molar-refractivity contribution in [3.05, 3.63) is 29.6 Å². The van der Waals surface area contributed by atoms with Gasteiger partial charge in [-0.25, -0.2) is 4.39 Å². The van der Waals surface area contributed by atoms with Gasteiger partial charge in [-0.05, 0) is 40.1 Å². The predicted molar refractivity (Wildman–Crippen MR) is 76.0 cm³/mol. The molecule has 1 aromatic carbocycles. The number of carbonyl (C=O) groups is 1. The molecule has 0 fully saturated rings. The van der Waals surface area contributed by atoms with E-state index in [1.807, 2.05) is 32.8 Å². The Hall–Kier alpha value is -1.62. The van der Waals surface area contributed by atoms with Crippen molar-refractivity contribution >= 4 is 11.6 Å². The van der Waals surface area contributed by atoms with Crippen LogP contribution in [-0.4, -0.2) is 44.0 Å². The van der Waals surface area contributed by atoms with Crippen molar-refractivity contribution in [3.8, 4) is 0 Å². The van der Waals surface area contributed by atoms with Crippen molar-refractivity contribution in [2.75, 3.05) is 33.0 Å². The fourth-order valence-electron chi connectivity index (χ4n) is 1.52. The molecule has 1 aromatic rings. The summed E-state index contributed by atoms with van der Waals surface area (Å²) in [5, 5.41) is 5.55. The lowest BCUT2D eigenvalue weighted by atomic mass is 10.0. The summed E-state index contributed by atoms with van der Waals surface area (Å²) in [6, 6.07) is 4.46. The van der Waals surface area contributed by atoms with Gasteiger partial charge < -0.3 is 15.5 Å². The minimum atomic E-state index is -0.429. The zero-order chi connectivity index (χ0) is 14.6. The second-order valence-electron chi connectivity index (χ2n) is 5.30. The number of hydrogen-bond donors (Lipinski definition) is 2. The molecular formula is C14H22FN3O. The summed E-state index contributed by atoms with van der Waals surface area (Å²) in [5.41, 5.74) is 0.378. The van der Waals surface area contributed by atoms with Crippen LogP contribution in [0.2, 0.25) is 0 Å².